The summed E-state index contributed by atoms with van der Waals surface area (Å²) >= 11 is 0. The van der Waals surface area contributed by atoms with Crippen LogP contribution in [0.3, 0.4) is 0 Å². The van der Waals surface area contributed by atoms with Crippen LogP contribution in [0.1, 0.15) is 44.6 Å². The molecule has 10 heteroatoms. The highest BCUT2D eigenvalue weighted by atomic mass is 16.5. The lowest BCUT2D eigenvalue weighted by molar-refractivity contribution is -0.132. The first-order valence-electron chi connectivity index (χ1n) is 11.8. The molecule has 0 spiro atoms. The van der Waals surface area contributed by atoms with E-state index >= 15 is 0 Å². The van der Waals surface area contributed by atoms with Crippen molar-refractivity contribution < 1.29 is 23.9 Å². The van der Waals surface area contributed by atoms with Gasteiger partial charge in [-0.15, -0.1) is 0 Å². The Labute approximate surface area is 215 Å². The number of aromatic nitrogens is 2. The summed E-state index contributed by atoms with van der Waals surface area (Å²) in [4.78, 5) is 40.6. The molecule has 0 unspecified atom stereocenters. The SMILES string of the molecule is COc1ccc(OC)c(CNC(=O)c2cc3n(n2)C[C@@](C)(C(=O)NCc2ccc(C)cc2)N(C)C3=O)c1. The minimum atomic E-state index is -1.18. The summed E-state index contributed by atoms with van der Waals surface area (Å²) in [6.07, 6.45) is 0. The maximum absolute atomic E-state index is 13.2. The van der Waals surface area contributed by atoms with Gasteiger partial charge in [-0.1, -0.05) is 29.8 Å². The van der Waals surface area contributed by atoms with E-state index in [1.54, 1.807) is 46.4 Å². The van der Waals surface area contributed by atoms with Gasteiger partial charge in [-0.25, -0.2) is 0 Å². The van der Waals surface area contributed by atoms with Crippen molar-refractivity contribution in [1.29, 1.82) is 0 Å². The van der Waals surface area contributed by atoms with Crippen LogP contribution >= 0.6 is 0 Å². The van der Waals surface area contributed by atoms with Crippen LogP contribution < -0.4 is 20.1 Å². The summed E-state index contributed by atoms with van der Waals surface area (Å²) in [5, 5.41) is 10.1. The van der Waals surface area contributed by atoms with E-state index in [9.17, 15) is 14.4 Å². The summed E-state index contributed by atoms with van der Waals surface area (Å²) in [6.45, 7) is 4.31. The van der Waals surface area contributed by atoms with Gasteiger partial charge in [0.1, 0.15) is 22.7 Å². The maximum atomic E-state index is 13.2. The second-order valence-corrected chi connectivity index (χ2v) is 9.24. The van der Waals surface area contributed by atoms with E-state index in [4.69, 9.17) is 9.47 Å². The normalized spacial score (nSPS) is 16.7. The van der Waals surface area contributed by atoms with E-state index in [0.717, 1.165) is 16.7 Å². The van der Waals surface area contributed by atoms with Gasteiger partial charge in [-0.05, 0) is 37.6 Å². The smallest absolute Gasteiger partial charge is 0.272 e. The number of hydrogen-bond donors (Lipinski definition) is 2. The molecule has 0 fully saturated rings. The zero-order valence-corrected chi connectivity index (χ0v) is 21.6. The predicted molar refractivity (Wildman–Crippen MR) is 136 cm³/mol. The Morgan fingerprint density at radius 1 is 1.03 bits per heavy atom. The molecule has 37 heavy (non-hydrogen) atoms. The fourth-order valence-corrected chi connectivity index (χ4v) is 4.20. The van der Waals surface area contributed by atoms with Crippen molar-refractivity contribution in [3.8, 4) is 11.5 Å². The molecule has 0 bridgehead atoms. The van der Waals surface area contributed by atoms with E-state index < -0.39 is 11.4 Å². The Morgan fingerprint density at radius 3 is 2.43 bits per heavy atom. The molecule has 3 aromatic rings. The number of carbonyl (C=O) groups is 3. The molecule has 10 nitrogen and oxygen atoms in total. The quantitative estimate of drug-likeness (QED) is 0.486. The van der Waals surface area contributed by atoms with Gasteiger partial charge in [-0.3, -0.25) is 19.1 Å². The monoisotopic (exact) mass is 505 g/mol. The first-order valence-corrected chi connectivity index (χ1v) is 11.8. The minimum absolute atomic E-state index is 0.0860. The van der Waals surface area contributed by atoms with E-state index in [2.05, 4.69) is 15.7 Å². The Bertz CT molecular complexity index is 1330. The summed E-state index contributed by atoms with van der Waals surface area (Å²) in [6, 6.07) is 14.6. The van der Waals surface area contributed by atoms with Gasteiger partial charge < -0.3 is 25.0 Å². The highest BCUT2D eigenvalue weighted by Gasteiger charge is 2.46. The molecule has 1 aromatic heterocycles. The van der Waals surface area contributed by atoms with E-state index in [0.29, 0.717) is 18.0 Å². The Morgan fingerprint density at radius 2 is 1.76 bits per heavy atom. The Balaban J connectivity index is 1.47. The largest absolute Gasteiger partial charge is 0.497 e. The molecule has 2 heterocycles. The van der Waals surface area contributed by atoms with Gasteiger partial charge in [0.2, 0.25) is 5.91 Å². The molecular weight excluding hydrogens is 474 g/mol. The minimum Gasteiger partial charge on any atom is -0.497 e. The van der Waals surface area contributed by atoms with Crippen molar-refractivity contribution >= 4 is 17.7 Å². The zero-order valence-electron chi connectivity index (χ0n) is 21.6. The maximum Gasteiger partial charge on any atom is 0.272 e. The zero-order chi connectivity index (χ0) is 26.7. The van der Waals surface area contributed by atoms with Crippen LogP contribution in [0.4, 0.5) is 0 Å². The van der Waals surface area contributed by atoms with Crippen LogP contribution in [0, 0.1) is 6.92 Å². The third-order valence-corrected chi connectivity index (χ3v) is 6.72. The Hall–Kier alpha value is -4.34. The number of methoxy groups -OCH3 is 2. The standard InChI is InChI=1S/C27H31N5O5/c1-17-6-8-18(9-7-17)14-29-26(35)27(2)16-32-22(25(34)31(27)3)13-21(30-32)24(33)28-15-19-12-20(36-4)10-11-23(19)37-5/h6-13H,14-16H2,1-5H3,(H,28,33)(H,29,35)/t27-/m0/s1. The average molecular weight is 506 g/mol. The first kappa shape index (κ1) is 25.7. The lowest BCUT2D eigenvalue weighted by atomic mass is 9.95. The molecule has 0 radical (unpaired) electrons. The second kappa shape index (κ2) is 10.3. The summed E-state index contributed by atoms with van der Waals surface area (Å²) in [7, 11) is 4.69. The number of hydrogen-bond acceptors (Lipinski definition) is 6. The highest BCUT2D eigenvalue weighted by molar-refractivity contribution is 6.01. The topological polar surface area (TPSA) is 115 Å². The second-order valence-electron chi connectivity index (χ2n) is 9.24. The number of likely N-dealkylation sites (N-methyl/N-ethyl adjacent to an activating group) is 1. The number of carbonyl (C=O) groups excluding carboxylic acids is 3. The molecule has 0 saturated carbocycles. The molecule has 194 valence electrons. The lowest BCUT2D eigenvalue weighted by Crippen LogP contribution is -2.62. The molecule has 1 atom stereocenters. The van der Waals surface area contributed by atoms with Crippen molar-refractivity contribution in [2.75, 3.05) is 21.3 Å². The number of nitrogens with one attached hydrogen (secondary N) is 2. The third kappa shape index (κ3) is 5.13. The van der Waals surface area contributed by atoms with Crippen LogP contribution in [-0.2, 0) is 24.4 Å². The summed E-state index contributed by atoms with van der Waals surface area (Å²) in [5.41, 5.74) is 1.97. The predicted octanol–water partition coefficient (Wildman–Crippen LogP) is 2.30. The van der Waals surface area contributed by atoms with E-state index in [1.165, 1.54) is 15.6 Å². The van der Waals surface area contributed by atoms with E-state index in [-0.39, 0.29) is 36.3 Å². The number of aryl methyl sites for hydroxylation is 1. The average Bonchev–Trinajstić information content (AvgIpc) is 3.33. The van der Waals surface area contributed by atoms with Crippen LogP contribution in [0.15, 0.2) is 48.5 Å². The first-order chi connectivity index (χ1) is 17.7. The molecule has 2 N–H and O–H groups in total. The molecule has 0 saturated heterocycles. The number of ether oxygens (including phenoxy) is 2. The molecule has 0 aliphatic carbocycles. The molecule has 2 aromatic carbocycles. The van der Waals surface area contributed by atoms with Gasteiger partial charge in [-0.2, -0.15) is 5.10 Å². The van der Waals surface area contributed by atoms with Gasteiger partial charge in [0, 0.05) is 31.8 Å². The summed E-state index contributed by atoms with van der Waals surface area (Å²) < 4.78 is 12.0. The fourth-order valence-electron chi connectivity index (χ4n) is 4.20. The molecule has 1 aliphatic rings. The highest BCUT2D eigenvalue weighted by Crippen LogP contribution is 2.27. The lowest BCUT2D eigenvalue weighted by Gasteiger charge is -2.40. The van der Waals surface area contributed by atoms with Crippen LogP contribution in [0.5, 0.6) is 11.5 Å². The van der Waals surface area contributed by atoms with Crippen molar-refractivity contribution in [2.24, 2.45) is 0 Å². The van der Waals surface area contributed by atoms with Gasteiger partial charge in [0.25, 0.3) is 11.8 Å². The van der Waals surface area contributed by atoms with Crippen molar-refractivity contribution in [3.63, 3.8) is 0 Å². The van der Waals surface area contributed by atoms with Crippen molar-refractivity contribution in [3.05, 3.63) is 76.6 Å². The van der Waals surface area contributed by atoms with Crippen LogP contribution in [0.25, 0.3) is 0 Å². The van der Waals surface area contributed by atoms with Crippen LogP contribution in [0.2, 0.25) is 0 Å². The van der Waals surface area contributed by atoms with Gasteiger partial charge >= 0.3 is 0 Å². The molecular formula is C27H31N5O5. The third-order valence-electron chi connectivity index (χ3n) is 6.72. The van der Waals surface area contributed by atoms with Crippen molar-refractivity contribution in [1.82, 2.24) is 25.3 Å². The molecule has 1 aliphatic heterocycles. The fraction of sp³-hybridized carbons (Fsp3) is 0.333. The number of rotatable bonds is 8. The van der Waals surface area contributed by atoms with Gasteiger partial charge in [0.15, 0.2) is 5.69 Å². The number of nitrogens with zero attached hydrogens (tertiary/aromatic N) is 3. The number of amides is 3. The summed E-state index contributed by atoms with van der Waals surface area (Å²) in [5.74, 6) is 0.0970. The van der Waals surface area contributed by atoms with Gasteiger partial charge in [0.05, 0.1) is 20.8 Å². The van der Waals surface area contributed by atoms with Crippen molar-refractivity contribution in [2.45, 2.75) is 39.0 Å². The molecule has 3 amide bonds. The Kier molecular flexibility index (Phi) is 7.19. The van der Waals surface area contributed by atoms with E-state index in [1.807, 2.05) is 31.2 Å². The molecule has 4 rings (SSSR count). The number of fused-ring (bicyclic) bond motifs is 1. The number of benzene rings is 2. The van der Waals surface area contributed by atoms with Crippen LogP contribution in [-0.4, -0.2) is 59.2 Å².